The van der Waals surface area contributed by atoms with Crippen molar-refractivity contribution >= 4 is 0 Å². The van der Waals surface area contributed by atoms with Crippen molar-refractivity contribution < 1.29 is 9.47 Å². The Kier molecular flexibility index (Phi) is 4.59. The topological polar surface area (TPSA) is 44.5 Å². The van der Waals surface area contributed by atoms with Crippen LogP contribution >= 0.6 is 0 Å². The van der Waals surface area contributed by atoms with Gasteiger partial charge in [0, 0.05) is 13.7 Å². The Labute approximate surface area is 91.2 Å². The lowest BCUT2D eigenvalue weighted by Crippen LogP contribution is -2.07. The first-order chi connectivity index (χ1) is 7.20. The van der Waals surface area contributed by atoms with Crippen LogP contribution in [0.15, 0.2) is 12.1 Å². The molecule has 1 aromatic rings. The van der Waals surface area contributed by atoms with Gasteiger partial charge >= 0.3 is 0 Å². The Morgan fingerprint density at radius 2 is 1.87 bits per heavy atom. The van der Waals surface area contributed by atoms with Crippen molar-refractivity contribution in [2.75, 3.05) is 20.3 Å². The molecule has 0 aliphatic rings. The van der Waals surface area contributed by atoms with E-state index < -0.39 is 0 Å². The molecule has 3 nitrogen and oxygen atoms in total. The fraction of sp³-hybridized carbons (Fsp3) is 0.500. The van der Waals surface area contributed by atoms with Crippen molar-refractivity contribution in [2.45, 2.75) is 20.4 Å². The Hall–Kier alpha value is -1.06. The molecule has 0 spiro atoms. The minimum atomic E-state index is 0.574. The number of nitrogens with two attached hydrogens (primary N) is 1. The molecule has 0 amide bonds. The average Bonchev–Trinajstić information content (AvgIpc) is 2.25. The van der Waals surface area contributed by atoms with E-state index in [1.807, 2.05) is 12.1 Å². The van der Waals surface area contributed by atoms with Crippen molar-refractivity contribution in [1.82, 2.24) is 0 Å². The monoisotopic (exact) mass is 209 g/mol. The van der Waals surface area contributed by atoms with E-state index in [1.54, 1.807) is 7.11 Å². The second-order valence-corrected chi connectivity index (χ2v) is 3.52. The van der Waals surface area contributed by atoms with Crippen LogP contribution in [0.25, 0.3) is 0 Å². The van der Waals surface area contributed by atoms with Crippen LogP contribution in [0.4, 0.5) is 0 Å². The maximum Gasteiger partial charge on any atom is 0.122 e. The molecule has 0 aliphatic carbocycles. The normalized spacial score (nSPS) is 10.4. The SMILES string of the molecule is COCCOc1ccc(CN)c(C)c1C. The van der Waals surface area contributed by atoms with Gasteiger partial charge in [-0.2, -0.15) is 0 Å². The van der Waals surface area contributed by atoms with Gasteiger partial charge in [-0.1, -0.05) is 6.07 Å². The summed E-state index contributed by atoms with van der Waals surface area (Å²) in [5.41, 5.74) is 9.18. The molecule has 84 valence electrons. The number of rotatable bonds is 5. The fourth-order valence-corrected chi connectivity index (χ4v) is 1.46. The predicted molar refractivity (Wildman–Crippen MR) is 61.2 cm³/mol. The third kappa shape index (κ3) is 2.94. The molecule has 0 saturated carbocycles. The molecule has 15 heavy (non-hydrogen) atoms. The van der Waals surface area contributed by atoms with Crippen LogP contribution in [0.2, 0.25) is 0 Å². The molecule has 1 aromatic carbocycles. The van der Waals surface area contributed by atoms with Crippen LogP contribution in [0, 0.1) is 13.8 Å². The summed E-state index contributed by atoms with van der Waals surface area (Å²) in [4.78, 5) is 0. The van der Waals surface area contributed by atoms with E-state index in [2.05, 4.69) is 13.8 Å². The number of benzene rings is 1. The lowest BCUT2D eigenvalue weighted by molar-refractivity contribution is 0.146. The zero-order valence-corrected chi connectivity index (χ0v) is 9.67. The second-order valence-electron chi connectivity index (χ2n) is 3.52. The smallest absolute Gasteiger partial charge is 0.122 e. The van der Waals surface area contributed by atoms with Crippen LogP contribution in [0.5, 0.6) is 5.75 Å². The van der Waals surface area contributed by atoms with E-state index in [4.69, 9.17) is 15.2 Å². The molecular weight excluding hydrogens is 190 g/mol. The van der Waals surface area contributed by atoms with Gasteiger partial charge in [0.05, 0.1) is 6.61 Å². The molecule has 0 saturated heterocycles. The standard InChI is InChI=1S/C12H19NO2/c1-9-10(2)12(15-7-6-14-3)5-4-11(9)8-13/h4-5H,6-8,13H2,1-3H3. The quantitative estimate of drug-likeness (QED) is 0.752. The Morgan fingerprint density at radius 1 is 1.13 bits per heavy atom. The highest BCUT2D eigenvalue weighted by molar-refractivity contribution is 5.43. The number of ether oxygens (including phenoxy) is 2. The van der Waals surface area contributed by atoms with Gasteiger partial charge in [0.1, 0.15) is 12.4 Å². The van der Waals surface area contributed by atoms with E-state index in [0.717, 1.165) is 11.3 Å². The van der Waals surface area contributed by atoms with Crippen molar-refractivity contribution in [2.24, 2.45) is 5.73 Å². The first-order valence-corrected chi connectivity index (χ1v) is 5.11. The molecule has 0 unspecified atom stereocenters. The molecule has 0 fully saturated rings. The van der Waals surface area contributed by atoms with Gasteiger partial charge in [-0.25, -0.2) is 0 Å². The van der Waals surface area contributed by atoms with Gasteiger partial charge in [-0.05, 0) is 36.6 Å². The predicted octanol–water partition coefficient (Wildman–Crippen LogP) is 1.79. The largest absolute Gasteiger partial charge is 0.491 e. The van der Waals surface area contributed by atoms with E-state index in [-0.39, 0.29) is 0 Å². The summed E-state index contributed by atoms with van der Waals surface area (Å²) < 4.78 is 10.5. The highest BCUT2D eigenvalue weighted by Gasteiger charge is 2.05. The van der Waals surface area contributed by atoms with E-state index in [0.29, 0.717) is 19.8 Å². The van der Waals surface area contributed by atoms with E-state index in [9.17, 15) is 0 Å². The molecule has 3 heteroatoms. The van der Waals surface area contributed by atoms with Gasteiger partial charge in [0.2, 0.25) is 0 Å². The molecule has 0 atom stereocenters. The third-order valence-corrected chi connectivity index (χ3v) is 2.61. The van der Waals surface area contributed by atoms with Gasteiger partial charge in [0.15, 0.2) is 0 Å². The third-order valence-electron chi connectivity index (χ3n) is 2.61. The molecule has 0 aliphatic heterocycles. The van der Waals surface area contributed by atoms with Crippen molar-refractivity contribution in [3.8, 4) is 5.75 Å². The van der Waals surface area contributed by atoms with Gasteiger partial charge in [-0.15, -0.1) is 0 Å². The van der Waals surface area contributed by atoms with Crippen LogP contribution in [0.1, 0.15) is 16.7 Å². The van der Waals surface area contributed by atoms with Crippen LogP contribution in [0.3, 0.4) is 0 Å². The van der Waals surface area contributed by atoms with Crippen LogP contribution < -0.4 is 10.5 Å². The van der Waals surface area contributed by atoms with Crippen LogP contribution in [-0.4, -0.2) is 20.3 Å². The second kappa shape index (κ2) is 5.73. The molecule has 2 N–H and O–H groups in total. The Balaban J connectivity index is 2.77. The minimum absolute atomic E-state index is 0.574. The summed E-state index contributed by atoms with van der Waals surface area (Å²) in [6.45, 7) is 5.89. The molecule has 0 radical (unpaired) electrons. The first-order valence-electron chi connectivity index (χ1n) is 5.11. The summed E-state index contributed by atoms with van der Waals surface area (Å²) in [6, 6.07) is 3.99. The number of hydrogen-bond acceptors (Lipinski definition) is 3. The molecule has 1 rings (SSSR count). The molecule has 0 heterocycles. The van der Waals surface area contributed by atoms with Crippen molar-refractivity contribution in [1.29, 1.82) is 0 Å². The summed E-state index contributed by atoms with van der Waals surface area (Å²) >= 11 is 0. The zero-order chi connectivity index (χ0) is 11.3. The Bertz CT molecular complexity index is 324. The van der Waals surface area contributed by atoms with Gasteiger partial charge < -0.3 is 15.2 Å². The van der Waals surface area contributed by atoms with Crippen molar-refractivity contribution in [3.05, 3.63) is 28.8 Å². The van der Waals surface area contributed by atoms with Gasteiger partial charge in [-0.3, -0.25) is 0 Å². The highest BCUT2D eigenvalue weighted by Crippen LogP contribution is 2.23. The van der Waals surface area contributed by atoms with Crippen molar-refractivity contribution in [3.63, 3.8) is 0 Å². The zero-order valence-electron chi connectivity index (χ0n) is 9.67. The molecular formula is C12H19NO2. The summed E-state index contributed by atoms with van der Waals surface area (Å²) in [5.74, 6) is 0.918. The Morgan fingerprint density at radius 3 is 2.47 bits per heavy atom. The maximum absolute atomic E-state index is 5.63. The summed E-state index contributed by atoms with van der Waals surface area (Å²) in [5, 5.41) is 0. The molecule has 0 aromatic heterocycles. The maximum atomic E-state index is 5.63. The highest BCUT2D eigenvalue weighted by atomic mass is 16.5. The van der Waals surface area contributed by atoms with E-state index in [1.165, 1.54) is 11.1 Å². The number of methoxy groups -OCH3 is 1. The number of hydrogen-bond donors (Lipinski definition) is 1. The fourth-order valence-electron chi connectivity index (χ4n) is 1.46. The average molecular weight is 209 g/mol. The lowest BCUT2D eigenvalue weighted by atomic mass is 10.0. The van der Waals surface area contributed by atoms with Gasteiger partial charge in [0.25, 0.3) is 0 Å². The van der Waals surface area contributed by atoms with E-state index >= 15 is 0 Å². The first kappa shape index (κ1) is 12.0. The summed E-state index contributed by atoms with van der Waals surface area (Å²) in [6.07, 6.45) is 0. The summed E-state index contributed by atoms with van der Waals surface area (Å²) in [7, 11) is 1.67. The minimum Gasteiger partial charge on any atom is -0.491 e. The molecule has 0 bridgehead atoms. The lowest BCUT2D eigenvalue weighted by Gasteiger charge is -2.13. The van der Waals surface area contributed by atoms with Crippen LogP contribution in [-0.2, 0) is 11.3 Å².